The molecule has 2 rings (SSSR count). The van der Waals surface area contributed by atoms with Crippen LogP contribution in [0.15, 0.2) is 42.5 Å². The maximum absolute atomic E-state index is 12.0. The number of hydrogen-bond acceptors (Lipinski definition) is 3. The van der Waals surface area contributed by atoms with Crippen LogP contribution in [-0.2, 0) is 0 Å². The topological polar surface area (TPSA) is 45.0 Å². The smallest absolute Gasteiger partial charge is 0.406 e. The lowest BCUT2D eigenvalue weighted by atomic mass is 10.2. The van der Waals surface area contributed by atoms with Crippen molar-refractivity contribution < 1.29 is 17.9 Å². The largest absolute Gasteiger partial charge is 0.573 e. The van der Waals surface area contributed by atoms with E-state index in [4.69, 9.17) is 16.9 Å². The first-order valence-electron chi connectivity index (χ1n) is 5.70. The van der Waals surface area contributed by atoms with Gasteiger partial charge in [0.1, 0.15) is 11.8 Å². The summed E-state index contributed by atoms with van der Waals surface area (Å²) in [5.41, 5.74) is 1.35. The number of halogens is 4. The molecular formula is C14H8ClF3N2O. The molecule has 0 heterocycles. The van der Waals surface area contributed by atoms with Gasteiger partial charge < -0.3 is 10.1 Å². The van der Waals surface area contributed by atoms with Crippen molar-refractivity contribution in [2.75, 3.05) is 5.32 Å². The molecule has 0 amide bonds. The molecule has 21 heavy (non-hydrogen) atoms. The van der Waals surface area contributed by atoms with Gasteiger partial charge in [0.25, 0.3) is 0 Å². The van der Waals surface area contributed by atoms with Crippen molar-refractivity contribution >= 4 is 23.0 Å². The zero-order chi connectivity index (χ0) is 15.5. The van der Waals surface area contributed by atoms with Crippen LogP contribution in [0.1, 0.15) is 5.56 Å². The second-order valence-corrected chi connectivity index (χ2v) is 4.44. The Hall–Kier alpha value is -2.39. The molecule has 0 spiro atoms. The summed E-state index contributed by atoms with van der Waals surface area (Å²) in [6, 6.07) is 11.9. The monoisotopic (exact) mass is 312 g/mol. The van der Waals surface area contributed by atoms with Gasteiger partial charge in [-0.3, -0.25) is 0 Å². The molecule has 0 aliphatic carbocycles. The SMILES string of the molecule is N#Cc1cc(Cl)ccc1Nc1ccc(OC(F)(F)F)cc1. The maximum Gasteiger partial charge on any atom is 0.573 e. The molecule has 0 saturated heterocycles. The number of nitrogens with zero attached hydrogens (tertiary/aromatic N) is 1. The highest BCUT2D eigenvalue weighted by Crippen LogP contribution is 2.27. The van der Waals surface area contributed by atoms with Crippen molar-refractivity contribution in [3.63, 3.8) is 0 Å². The molecule has 108 valence electrons. The minimum Gasteiger partial charge on any atom is -0.406 e. The van der Waals surface area contributed by atoms with E-state index in [9.17, 15) is 13.2 Å². The standard InChI is InChI=1S/C14H8ClF3N2O/c15-10-1-6-13(9(7-10)8-19)20-11-2-4-12(5-3-11)21-14(16,17)18/h1-7,20H. The molecule has 0 bridgehead atoms. The number of anilines is 2. The molecule has 3 nitrogen and oxygen atoms in total. The minimum absolute atomic E-state index is 0.315. The van der Waals surface area contributed by atoms with Gasteiger partial charge in [0.15, 0.2) is 0 Å². The van der Waals surface area contributed by atoms with Gasteiger partial charge in [-0.2, -0.15) is 5.26 Å². The van der Waals surface area contributed by atoms with Gasteiger partial charge in [0.2, 0.25) is 0 Å². The summed E-state index contributed by atoms with van der Waals surface area (Å²) >= 11 is 5.78. The molecule has 2 aromatic rings. The summed E-state index contributed by atoms with van der Waals surface area (Å²) in [5.74, 6) is -0.315. The van der Waals surface area contributed by atoms with Crippen LogP contribution in [0.4, 0.5) is 24.5 Å². The lowest BCUT2D eigenvalue weighted by Crippen LogP contribution is -2.16. The Morgan fingerprint density at radius 1 is 1.10 bits per heavy atom. The van der Waals surface area contributed by atoms with Crippen molar-refractivity contribution in [2.24, 2.45) is 0 Å². The van der Waals surface area contributed by atoms with Crippen molar-refractivity contribution in [3.05, 3.63) is 53.1 Å². The number of benzene rings is 2. The molecule has 0 aliphatic rings. The summed E-state index contributed by atoms with van der Waals surface area (Å²) in [5, 5.41) is 12.3. The molecule has 0 saturated carbocycles. The van der Waals surface area contributed by atoms with E-state index in [0.717, 1.165) is 0 Å². The first kappa shape index (κ1) is 15.0. The van der Waals surface area contributed by atoms with Crippen molar-refractivity contribution in [1.29, 1.82) is 5.26 Å². The highest BCUT2D eigenvalue weighted by Gasteiger charge is 2.30. The van der Waals surface area contributed by atoms with Gasteiger partial charge in [-0.05, 0) is 42.5 Å². The predicted octanol–water partition coefficient (Wildman–Crippen LogP) is 4.85. The normalized spacial score (nSPS) is 10.8. The summed E-state index contributed by atoms with van der Waals surface area (Å²) in [4.78, 5) is 0. The van der Waals surface area contributed by atoms with E-state index >= 15 is 0 Å². The first-order chi connectivity index (χ1) is 9.87. The van der Waals surface area contributed by atoms with E-state index in [1.165, 1.54) is 30.3 Å². The summed E-state index contributed by atoms with van der Waals surface area (Å²) in [7, 11) is 0. The second-order valence-electron chi connectivity index (χ2n) is 4.00. The number of rotatable bonds is 3. The number of alkyl halides is 3. The van der Waals surface area contributed by atoms with E-state index in [1.807, 2.05) is 6.07 Å². The quantitative estimate of drug-likeness (QED) is 0.880. The minimum atomic E-state index is -4.72. The second kappa shape index (κ2) is 5.94. The summed E-state index contributed by atoms with van der Waals surface area (Å²) in [6.45, 7) is 0. The van der Waals surface area contributed by atoms with E-state index < -0.39 is 6.36 Å². The van der Waals surface area contributed by atoms with Crippen LogP contribution in [0.3, 0.4) is 0 Å². The Balaban J connectivity index is 2.16. The zero-order valence-electron chi connectivity index (χ0n) is 10.4. The van der Waals surface area contributed by atoms with E-state index in [1.54, 1.807) is 12.1 Å². The molecule has 0 atom stereocenters. The van der Waals surface area contributed by atoms with E-state index in [2.05, 4.69) is 10.1 Å². The first-order valence-corrected chi connectivity index (χ1v) is 6.08. The number of nitrogens with one attached hydrogen (secondary N) is 1. The van der Waals surface area contributed by atoms with Gasteiger partial charge in [0, 0.05) is 10.7 Å². The van der Waals surface area contributed by atoms with Gasteiger partial charge >= 0.3 is 6.36 Å². The molecule has 7 heteroatoms. The Kier molecular flexibility index (Phi) is 4.24. The third-order valence-electron chi connectivity index (χ3n) is 2.47. The average molecular weight is 313 g/mol. The fraction of sp³-hybridized carbons (Fsp3) is 0.0714. The van der Waals surface area contributed by atoms with Crippen molar-refractivity contribution in [2.45, 2.75) is 6.36 Å². The van der Waals surface area contributed by atoms with Crippen LogP contribution < -0.4 is 10.1 Å². The van der Waals surface area contributed by atoms with Crippen LogP contribution in [0, 0.1) is 11.3 Å². The average Bonchev–Trinajstić information content (AvgIpc) is 2.41. The molecule has 0 radical (unpaired) electrons. The lowest BCUT2D eigenvalue weighted by Gasteiger charge is -2.11. The predicted molar refractivity (Wildman–Crippen MR) is 72.6 cm³/mol. The van der Waals surface area contributed by atoms with Gasteiger partial charge in [-0.1, -0.05) is 11.6 Å². The molecule has 0 aliphatic heterocycles. The Bertz CT molecular complexity index is 678. The molecule has 1 N–H and O–H groups in total. The van der Waals surface area contributed by atoms with E-state index in [0.29, 0.717) is 22.0 Å². The van der Waals surface area contributed by atoms with E-state index in [-0.39, 0.29) is 5.75 Å². The fourth-order valence-corrected chi connectivity index (χ4v) is 1.79. The number of ether oxygens (including phenoxy) is 1. The van der Waals surface area contributed by atoms with Crippen LogP contribution in [0.2, 0.25) is 5.02 Å². The number of hydrogen-bond donors (Lipinski definition) is 1. The van der Waals surface area contributed by atoms with Crippen LogP contribution >= 0.6 is 11.6 Å². The molecule has 0 unspecified atom stereocenters. The molecule has 0 aromatic heterocycles. The van der Waals surface area contributed by atoms with Crippen LogP contribution in [0.5, 0.6) is 5.75 Å². The molecular weight excluding hydrogens is 305 g/mol. The van der Waals surface area contributed by atoms with Gasteiger partial charge in [-0.15, -0.1) is 13.2 Å². The van der Waals surface area contributed by atoms with Crippen LogP contribution in [-0.4, -0.2) is 6.36 Å². The number of nitriles is 1. The van der Waals surface area contributed by atoms with Gasteiger partial charge in [-0.25, -0.2) is 0 Å². The molecule has 2 aromatic carbocycles. The van der Waals surface area contributed by atoms with Gasteiger partial charge in [0.05, 0.1) is 11.3 Å². The zero-order valence-corrected chi connectivity index (χ0v) is 11.2. The summed E-state index contributed by atoms with van der Waals surface area (Å²) in [6.07, 6.45) is -4.72. The Labute approximate surface area is 123 Å². The lowest BCUT2D eigenvalue weighted by molar-refractivity contribution is -0.274. The molecule has 0 fully saturated rings. The fourth-order valence-electron chi connectivity index (χ4n) is 1.61. The van der Waals surface area contributed by atoms with Crippen LogP contribution in [0.25, 0.3) is 0 Å². The maximum atomic E-state index is 12.0. The highest BCUT2D eigenvalue weighted by molar-refractivity contribution is 6.30. The highest BCUT2D eigenvalue weighted by atomic mass is 35.5. The Morgan fingerprint density at radius 2 is 1.76 bits per heavy atom. The summed E-state index contributed by atoms with van der Waals surface area (Å²) < 4.78 is 39.9. The van der Waals surface area contributed by atoms with Crippen molar-refractivity contribution in [1.82, 2.24) is 0 Å². The Morgan fingerprint density at radius 3 is 2.33 bits per heavy atom. The van der Waals surface area contributed by atoms with Crippen molar-refractivity contribution in [3.8, 4) is 11.8 Å². The third kappa shape index (κ3) is 4.29. The third-order valence-corrected chi connectivity index (χ3v) is 2.70.